The van der Waals surface area contributed by atoms with Crippen LogP contribution in [0.25, 0.3) is 0 Å². The lowest BCUT2D eigenvalue weighted by molar-refractivity contribution is 0.368. The van der Waals surface area contributed by atoms with Crippen molar-refractivity contribution in [3.05, 3.63) is 5.82 Å². The summed E-state index contributed by atoms with van der Waals surface area (Å²) in [4.78, 5) is 4.41. The van der Waals surface area contributed by atoms with Gasteiger partial charge in [0.25, 0.3) is 0 Å². The Kier molecular flexibility index (Phi) is 5.02. The van der Waals surface area contributed by atoms with E-state index in [0.29, 0.717) is 0 Å². The van der Waals surface area contributed by atoms with Crippen molar-refractivity contribution >= 4 is 23.3 Å². The lowest BCUT2D eigenvalue weighted by Crippen LogP contribution is -2.23. The quantitative estimate of drug-likeness (QED) is 0.783. The molecule has 0 unspecified atom stereocenters. The van der Waals surface area contributed by atoms with Crippen molar-refractivity contribution < 1.29 is 0 Å². The van der Waals surface area contributed by atoms with E-state index >= 15 is 0 Å². The predicted octanol–water partition coefficient (Wildman–Crippen LogP) is 2.57. The summed E-state index contributed by atoms with van der Waals surface area (Å²) in [6, 6.07) is 0. The average Bonchev–Trinajstić information content (AvgIpc) is 2.66. The van der Waals surface area contributed by atoms with Crippen molar-refractivity contribution in [3.8, 4) is 0 Å². The molecule has 3 nitrogen and oxygen atoms in total. The second-order valence-corrected chi connectivity index (χ2v) is 6.39. The zero-order valence-electron chi connectivity index (χ0n) is 9.62. The SMILES string of the molecule is CCc1nsc(SCCC(C)(C)CN)n1. The first-order chi connectivity index (χ1) is 7.07. The summed E-state index contributed by atoms with van der Waals surface area (Å²) in [7, 11) is 0. The van der Waals surface area contributed by atoms with Crippen LogP contribution in [0.1, 0.15) is 33.0 Å². The van der Waals surface area contributed by atoms with Crippen molar-refractivity contribution in [2.75, 3.05) is 12.3 Å². The van der Waals surface area contributed by atoms with Gasteiger partial charge in [-0.05, 0) is 29.9 Å². The van der Waals surface area contributed by atoms with Crippen LogP contribution in [0.15, 0.2) is 4.34 Å². The van der Waals surface area contributed by atoms with Crippen LogP contribution in [0.4, 0.5) is 0 Å². The molecule has 0 bridgehead atoms. The number of thioether (sulfide) groups is 1. The van der Waals surface area contributed by atoms with Gasteiger partial charge in [-0.3, -0.25) is 0 Å². The molecule has 0 amide bonds. The molecule has 0 saturated carbocycles. The molecule has 0 atom stereocenters. The van der Waals surface area contributed by atoms with Crippen molar-refractivity contribution in [3.63, 3.8) is 0 Å². The van der Waals surface area contributed by atoms with E-state index in [4.69, 9.17) is 5.73 Å². The minimum Gasteiger partial charge on any atom is -0.330 e. The molecule has 0 radical (unpaired) electrons. The first-order valence-corrected chi connectivity index (χ1v) is 6.99. The number of rotatable bonds is 6. The average molecular weight is 245 g/mol. The minimum absolute atomic E-state index is 0.241. The molecule has 0 aromatic carbocycles. The number of nitrogens with two attached hydrogens (primary N) is 1. The molecule has 86 valence electrons. The lowest BCUT2D eigenvalue weighted by Gasteiger charge is -2.21. The first kappa shape index (κ1) is 12.9. The van der Waals surface area contributed by atoms with E-state index in [1.807, 2.05) is 0 Å². The van der Waals surface area contributed by atoms with Crippen LogP contribution in [0, 0.1) is 5.41 Å². The molecule has 0 saturated heterocycles. The summed E-state index contributed by atoms with van der Waals surface area (Å²) >= 11 is 3.29. The predicted molar refractivity (Wildman–Crippen MR) is 67.5 cm³/mol. The van der Waals surface area contributed by atoms with Crippen molar-refractivity contribution in [1.82, 2.24) is 9.36 Å². The number of hydrogen-bond acceptors (Lipinski definition) is 5. The zero-order valence-corrected chi connectivity index (χ0v) is 11.2. The van der Waals surface area contributed by atoms with Crippen LogP contribution in [0.3, 0.4) is 0 Å². The first-order valence-electron chi connectivity index (χ1n) is 5.23. The van der Waals surface area contributed by atoms with E-state index in [9.17, 15) is 0 Å². The van der Waals surface area contributed by atoms with Crippen LogP contribution in [-0.2, 0) is 6.42 Å². The van der Waals surface area contributed by atoms with Gasteiger partial charge in [0.15, 0.2) is 4.34 Å². The fourth-order valence-corrected chi connectivity index (χ4v) is 3.03. The smallest absolute Gasteiger partial charge is 0.170 e. The van der Waals surface area contributed by atoms with Crippen molar-refractivity contribution in [1.29, 1.82) is 0 Å². The third kappa shape index (κ3) is 4.49. The lowest BCUT2D eigenvalue weighted by atomic mass is 9.91. The zero-order chi connectivity index (χ0) is 11.3. The second kappa shape index (κ2) is 5.82. The Morgan fingerprint density at radius 2 is 2.20 bits per heavy atom. The Hall–Kier alpha value is -0.130. The summed E-state index contributed by atoms with van der Waals surface area (Å²) < 4.78 is 5.34. The van der Waals surface area contributed by atoms with E-state index in [1.165, 1.54) is 11.5 Å². The highest BCUT2D eigenvalue weighted by Crippen LogP contribution is 2.26. The van der Waals surface area contributed by atoms with Gasteiger partial charge in [0.2, 0.25) is 0 Å². The summed E-state index contributed by atoms with van der Waals surface area (Å²) in [6.07, 6.45) is 2.04. The number of hydrogen-bond donors (Lipinski definition) is 1. The maximum Gasteiger partial charge on any atom is 0.170 e. The highest BCUT2D eigenvalue weighted by molar-refractivity contribution is 8.00. The van der Waals surface area contributed by atoms with Crippen LogP contribution in [0.5, 0.6) is 0 Å². The summed E-state index contributed by atoms with van der Waals surface area (Å²) in [5.74, 6) is 2.03. The Morgan fingerprint density at radius 1 is 1.47 bits per heavy atom. The van der Waals surface area contributed by atoms with Gasteiger partial charge in [-0.15, -0.1) is 0 Å². The minimum atomic E-state index is 0.241. The molecule has 5 heteroatoms. The van der Waals surface area contributed by atoms with E-state index < -0.39 is 0 Å². The number of nitrogens with zero attached hydrogens (tertiary/aromatic N) is 2. The fraction of sp³-hybridized carbons (Fsp3) is 0.800. The molecule has 2 N–H and O–H groups in total. The van der Waals surface area contributed by atoms with Crippen LogP contribution < -0.4 is 5.73 Å². The van der Waals surface area contributed by atoms with E-state index in [0.717, 1.165) is 35.3 Å². The molecular formula is C10H19N3S2. The summed E-state index contributed by atoms with van der Waals surface area (Å²) in [5, 5.41) is 0. The maximum atomic E-state index is 5.68. The van der Waals surface area contributed by atoms with Gasteiger partial charge in [0, 0.05) is 12.2 Å². The highest BCUT2D eigenvalue weighted by Gasteiger charge is 2.15. The molecule has 0 aliphatic carbocycles. The fourth-order valence-electron chi connectivity index (χ4n) is 0.957. The van der Waals surface area contributed by atoms with E-state index in [1.54, 1.807) is 11.8 Å². The second-order valence-electron chi connectivity index (χ2n) is 4.30. The molecule has 1 aromatic rings. The van der Waals surface area contributed by atoms with Crippen molar-refractivity contribution in [2.45, 2.75) is 38.0 Å². The van der Waals surface area contributed by atoms with Gasteiger partial charge in [0.1, 0.15) is 5.82 Å². The molecule has 0 aliphatic rings. The molecule has 0 aliphatic heterocycles. The Morgan fingerprint density at radius 3 is 2.73 bits per heavy atom. The summed E-state index contributed by atoms with van der Waals surface area (Å²) in [5.41, 5.74) is 5.92. The normalized spacial score (nSPS) is 12.0. The topological polar surface area (TPSA) is 51.8 Å². The summed E-state index contributed by atoms with van der Waals surface area (Å²) in [6.45, 7) is 7.22. The molecule has 0 fully saturated rings. The Balaban J connectivity index is 2.31. The molecular weight excluding hydrogens is 226 g/mol. The standard InChI is InChI=1S/C10H19N3S2/c1-4-8-12-9(15-13-8)14-6-5-10(2,3)7-11/h4-7,11H2,1-3H3. The third-order valence-electron chi connectivity index (χ3n) is 2.32. The monoisotopic (exact) mass is 245 g/mol. The van der Waals surface area contributed by atoms with Gasteiger partial charge in [-0.1, -0.05) is 32.5 Å². The van der Waals surface area contributed by atoms with Crippen LogP contribution in [-0.4, -0.2) is 21.7 Å². The van der Waals surface area contributed by atoms with Gasteiger partial charge in [0.05, 0.1) is 0 Å². The van der Waals surface area contributed by atoms with Crippen molar-refractivity contribution in [2.24, 2.45) is 11.1 Å². The molecule has 0 spiro atoms. The van der Waals surface area contributed by atoms with Gasteiger partial charge in [-0.2, -0.15) is 4.37 Å². The highest BCUT2D eigenvalue weighted by atomic mass is 32.2. The van der Waals surface area contributed by atoms with E-state index in [2.05, 4.69) is 30.1 Å². The van der Waals surface area contributed by atoms with Gasteiger partial charge >= 0.3 is 0 Å². The van der Waals surface area contributed by atoms with Crippen LogP contribution in [0.2, 0.25) is 0 Å². The maximum absolute atomic E-state index is 5.68. The number of aryl methyl sites for hydroxylation is 1. The molecule has 1 heterocycles. The largest absolute Gasteiger partial charge is 0.330 e. The Bertz CT molecular complexity index is 297. The molecule has 1 aromatic heterocycles. The third-order valence-corrected chi connectivity index (χ3v) is 4.20. The Labute approximate surface area is 100 Å². The number of aromatic nitrogens is 2. The molecule has 1 rings (SSSR count). The van der Waals surface area contributed by atoms with Crippen LogP contribution >= 0.6 is 23.3 Å². The van der Waals surface area contributed by atoms with E-state index in [-0.39, 0.29) is 5.41 Å². The van der Waals surface area contributed by atoms with Gasteiger partial charge < -0.3 is 5.73 Å². The molecule has 15 heavy (non-hydrogen) atoms. The van der Waals surface area contributed by atoms with Gasteiger partial charge in [-0.25, -0.2) is 4.98 Å².